The number of amides is 1. The van der Waals surface area contributed by atoms with Crippen LogP contribution in [0.2, 0.25) is 0 Å². The first kappa shape index (κ1) is 22.7. The lowest BCUT2D eigenvalue weighted by molar-refractivity contribution is -0.120. The van der Waals surface area contributed by atoms with Crippen LogP contribution in [0.4, 0.5) is 5.13 Å². The number of ketones is 1. The summed E-state index contributed by atoms with van der Waals surface area (Å²) < 4.78 is 30.2. The predicted molar refractivity (Wildman–Crippen MR) is 116 cm³/mol. The van der Waals surface area contributed by atoms with Gasteiger partial charge < -0.3 is 10.1 Å². The molecule has 1 saturated heterocycles. The van der Waals surface area contributed by atoms with Gasteiger partial charge in [-0.3, -0.25) is 9.59 Å². The average molecular weight is 471 g/mol. The number of aromatic nitrogens is 2. The monoisotopic (exact) mass is 470 g/mol. The van der Waals surface area contributed by atoms with E-state index in [2.05, 4.69) is 15.5 Å². The molecule has 1 aromatic carbocycles. The average Bonchev–Trinajstić information content (AvgIpc) is 3.18. The molecular weight excluding hydrogens is 448 g/mol. The number of piperidine rings is 1. The van der Waals surface area contributed by atoms with Crippen molar-refractivity contribution in [2.24, 2.45) is 5.92 Å². The first-order valence-electron chi connectivity index (χ1n) is 9.16. The second-order valence-corrected chi connectivity index (χ2v) is 10.9. The van der Waals surface area contributed by atoms with Crippen molar-refractivity contribution in [3.05, 3.63) is 29.8 Å². The largest absolute Gasteiger partial charge is 0.497 e. The Hall–Kier alpha value is -2.02. The van der Waals surface area contributed by atoms with Crippen molar-refractivity contribution in [1.29, 1.82) is 0 Å². The number of benzene rings is 1. The van der Waals surface area contributed by atoms with E-state index in [0.29, 0.717) is 46.7 Å². The third-order valence-corrected chi connectivity index (χ3v) is 7.94. The predicted octanol–water partition coefficient (Wildman–Crippen LogP) is 2.13. The van der Waals surface area contributed by atoms with E-state index in [1.54, 1.807) is 31.4 Å². The molecule has 1 aliphatic heterocycles. The summed E-state index contributed by atoms with van der Waals surface area (Å²) in [6.45, 7) is 0.670. The number of carbonyl (C=O) groups excluding carboxylic acids is 2. The van der Waals surface area contributed by atoms with Crippen molar-refractivity contribution in [2.75, 3.05) is 37.5 Å². The van der Waals surface area contributed by atoms with Gasteiger partial charge in [-0.2, -0.15) is 0 Å². The number of sulfonamides is 1. The summed E-state index contributed by atoms with van der Waals surface area (Å²) in [6.07, 6.45) is 2.11. The zero-order valence-electron chi connectivity index (χ0n) is 16.5. The molecule has 2 heterocycles. The lowest BCUT2D eigenvalue weighted by atomic mass is 9.97. The van der Waals surface area contributed by atoms with Crippen LogP contribution in [0.25, 0.3) is 0 Å². The van der Waals surface area contributed by atoms with Gasteiger partial charge in [-0.15, -0.1) is 10.2 Å². The molecule has 2 aromatic rings. The Labute approximate surface area is 183 Å². The summed E-state index contributed by atoms with van der Waals surface area (Å²) in [5.74, 6) is 0.398. The minimum Gasteiger partial charge on any atom is -0.497 e. The van der Waals surface area contributed by atoms with Gasteiger partial charge in [0.2, 0.25) is 21.1 Å². The second-order valence-electron chi connectivity index (χ2n) is 6.74. The van der Waals surface area contributed by atoms with Gasteiger partial charge in [-0.1, -0.05) is 23.1 Å². The van der Waals surface area contributed by atoms with Crippen molar-refractivity contribution in [3.8, 4) is 5.75 Å². The molecule has 1 N–H and O–H groups in total. The van der Waals surface area contributed by atoms with Gasteiger partial charge in [0.05, 0.1) is 19.1 Å². The molecule has 9 nitrogen and oxygen atoms in total. The quantitative estimate of drug-likeness (QED) is 0.354. The van der Waals surface area contributed by atoms with E-state index < -0.39 is 10.0 Å². The lowest BCUT2D eigenvalue weighted by Crippen LogP contribution is -2.40. The van der Waals surface area contributed by atoms with Crippen LogP contribution in [0.5, 0.6) is 5.75 Å². The maximum Gasteiger partial charge on any atom is 0.229 e. The lowest BCUT2D eigenvalue weighted by Gasteiger charge is -2.29. The van der Waals surface area contributed by atoms with Crippen LogP contribution >= 0.6 is 23.1 Å². The second kappa shape index (κ2) is 9.86. The van der Waals surface area contributed by atoms with Crippen molar-refractivity contribution in [1.82, 2.24) is 14.5 Å². The normalized spacial score (nSPS) is 15.7. The molecule has 0 spiro atoms. The summed E-state index contributed by atoms with van der Waals surface area (Å²) in [7, 11) is -1.66. The summed E-state index contributed by atoms with van der Waals surface area (Å²) in [4.78, 5) is 24.7. The SMILES string of the molecule is COc1ccc(C(=O)CSc2nnc(NC(=O)C3CCN(S(C)(=O)=O)CC3)s2)cc1. The highest BCUT2D eigenvalue weighted by atomic mass is 32.2. The van der Waals surface area contributed by atoms with Crippen LogP contribution < -0.4 is 10.1 Å². The molecule has 162 valence electrons. The van der Waals surface area contributed by atoms with Gasteiger partial charge >= 0.3 is 0 Å². The third-order valence-electron chi connectivity index (χ3n) is 4.67. The molecule has 0 unspecified atom stereocenters. The molecule has 1 aliphatic rings. The fraction of sp³-hybridized carbons (Fsp3) is 0.444. The van der Waals surface area contributed by atoms with Crippen LogP contribution in [0.3, 0.4) is 0 Å². The topological polar surface area (TPSA) is 119 Å². The van der Waals surface area contributed by atoms with E-state index in [-0.39, 0.29) is 23.4 Å². The van der Waals surface area contributed by atoms with E-state index in [1.165, 1.54) is 33.7 Å². The number of rotatable bonds is 8. The number of carbonyl (C=O) groups is 2. The Balaban J connectivity index is 1.47. The molecule has 0 aliphatic carbocycles. The van der Waals surface area contributed by atoms with Crippen molar-refractivity contribution in [2.45, 2.75) is 17.2 Å². The number of nitrogens with one attached hydrogen (secondary N) is 1. The molecule has 3 rings (SSSR count). The molecule has 30 heavy (non-hydrogen) atoms. The summed E-state index contributed by atoms with van der Waals surface area (Å²) in [5, 5.41) is 11.1. The van der Waals surface area contributed by atoms with Gasteiger partial charge in [0.25, 0.3) is 0 Å². The molecule has 1 aromatic heterocycles. The van der Waals surface area contributed by atoms with Crippen LogP contribution in [0, 0.1) is 5.92 Å². The minimum absolute atomic E-state index is 0.0407. The Kier molecular flexibility index (Phi) is 7.45. The molecule has 12 heteroatoms. The van der Waals surface area contributed by atoms with E-state index in [0.717, 1.165) is 0 Å². The third kappa shape index (κ3) is 6.00. The maximum absolute atomic E-state index is 12.4. The van der Waals surface area contributed by atoms with E-state index in [9.17, 15) is 18.0 Å². The van der Waals surface area contributed by atoms with Crippen LogP contribution in [0.1, 0.15) is 23.2 Å². The molecule has 1 fully saturated rings. The molecule has 0 atom stereocenters. The van der Waals surface area contributed by atoms with Crippen LogP contribution in [-0.2, 0) is 14.8 Å². The number of anilines is 1. The van der Waals surface area contributed by atoms with Gasteiger partial charge in [-0.05, 0) is 37.1 Å². The van der Waals surface area contributed by atoms with Gasteiger partial charge in [0, 0.05) is 24.6 Å². The zero-order chi connectivity index (χ0) is 21.7. The first-order chi connectivity index (χ1) is 14.3. The van der Waals surface area contributed by atoms with Crippen molar-refractivity contribution >= 4 is 49.9 Å². The zero-order valence-corrected chi connectivity index (χ0v) is 19.0. The highest BCUT2D eigenvalue weighted by molar-refractivity contribution is 8.01. The fourth-order valence-corrected chi connectivity index (χ4v) is 5.49. The number of thioether (sulfide) groups is 1. The minimum atomic E-state index is -3.22. The van der Waals surface area contributed by atoms with E-state index >= 15 is 0 Å². The number of hydrogen-bond donors (Lipinski definition) is 1. The number of methoxy groups -OCH3 is 1. The highest BCUT2D eigenvalue weighted by Crippen LogP contribution is 2.28. The Morgan fingerprint density at radius 1 is 1.23 bits per heavy atom. The summed E-state index contributed by atoms with van der Waals surface area (Å²) >= 11 is 2.46. The van der Waals surface area contributed by atoms with Gasteiger partial charge in [0.1, 0.15) is 5.75 Å². The number of nitrogens with zero attached hydrogens (tertiary/aromatic N) is 3. The molecule has 1 amide bonds. The number of Topliss-reactive ketones (excluding diaryl/α,β-unsaturated/α-hetero) is 1. The summed E-state index contributed by atoms with van der Waals surface area (Å²) in [6, 6.07) is 6.89. The highest BCUT2D eigenvalue weighted by Gasteiger charge is 2.29. The fourth-order valence-electron chi connectivity index (χ4n) is 2.96. The van der Waals surface area contributed by atoms with Crippen molar-refractivity contribution < 1.29 is 22.7 Å². The van der Waals surface area contributed by atoms with Gasteiger partial charge in [-0.25, -0.2) is 12.7 Å². The summed E-state index contributed by atoms with van der Waals surface area (Å²) in [5.41, 5.74) is 0.585. The molecule has 0 saturated carbocycles. The molecular formula is C18H22N4O5S3. The van der Waals surface area contributed by atoms with Crippen LogP contribution in [0.15, 0.2) is 28.6 Å². The number of hydrogen-bond acceptors (Lipinski definition) is 9. The Bertz CT molecular complexity index is 999. The van der Waals surface area contributed by atoms with E-state index in [1.807, 2.05) is 0 Å². The molecule has 0 radical (unpaired) electrons. The van der Waals surface area contributed by atoms with Gasteiger partial charge in [0.15, 0.2) is 10.1 Å². The van der Waals surface area contributed by atoms with Crippen molar-refractivity contribution in [3.63, 3.8) is 0 Å². The van der Waals surface area contributed by atoms with Crippen LogP contribution in [-0.4, -0.2) is 66.8 Å². The smallest absolute Gasteiger partial charge is 0.229 e. The van der Waals surface area contributed by atoms with E-state index in [4.69, 9.17) is 4.74 Å². The molecule has 0 bridgehead atoms. The first-order valence-corrected chi connectivity index (χ1v) is 12.8. The standard InChI is InChI=1S/C18H22N4O5S3/c1-27-14-5-3-12(4-6-14)15(23)11-28-18-21-20-17(29-18)19-16(24)13-7-9-22(10-8-13)30(2,25)26/h3-6,13H,7-11H2,1-2H3,(H,19,20,24). The maximum atomic E-state index is 12.4. The number of ether oxygens (including phenoxy) is 1. The Morgan fingerprint density at radius 2 is 1.90 bits per heavy atom. The Morgan fingerprint density at radius 3 is 2.50 bits per heavy atom.